The van der Waals surface area contributed by atoms with Crippen LogP contribution in [-0.4, -0.2) is 28.7 Å². The van der Waals surface area contributed by atoms with Crippen molar-refractivity contribution < 1.29 is 27.5 Å². The maximum Gasteiger partial charge on any atom is 0.418 e. The van der Waals surface area contributed by atoms with Crippen LogP contribution in [0.15, 0.2) is 54.6 Å². The van der Waals surface area contributed by atoms with Gasteiger partial charge in [0, 0.05) is 12.7 Å². The molecular formula is C22H19F3N4O3. The molecule has 0 unspecified atom stereocenters. The zero-order chi connectivity index (χ0) is 22.9. The smallest absolute Gasteiger partial charge is 0.378 e. The van der Waals surface area contributed by atoms with Gasteiger partial charge in [0.25, 0.3) is 5.91 Å². The summed E-state index contributed by atoms with van der Waals surface area (Å²) in [4.78, 5) is 25.2. The summed E-state index contributed by atoms with van der Waals surface area (Å²) in [6, 6.07) is 12.9. The Bertz CT molecular complexity index is 1160. The lowest BCUT2D eigenvalue weighted by Crippen LogP contribution is -2.24. The molecule has 0 spiro atoms. The van der Waals surface area contributed by atoms with Crippen LogP contribution in [0.4, 0.5) is 24.7 Å². The maximum atomic E-state index is 13.2. The molecule has 3 aromatic rings. The Morgan fingerprint density at radius 1 is 1.16 bits per heavy atom. The standard InChI is InChI=1S/C22H19F3N4O3/c1-32-12-16-19(13-7-3-2-4-8-13)20-27-21(31)17(29(20)28-16)11-18(30)26-15-10-6-5-9-14(15)22(23,24)25/h2-10,17H,11-12H2,1H3,(H,26,30)(H,27,31)/t17-/m0/s1. The van der Waals surface area contributed by atoms with Crippen molar-refractivity contribution in [3.63, 3.8) is 0 Å². The Kier molecular flexibility index (Phi) is 5.70. The number of carbonyl (C=O) groups is 2. The number of halogens is 3. The van der Waals surface area contributed by atoms with E-state index in [1.54, 1.807) is 0 Å². The van der Waals surface area contributed by atoms with E-state index in [0.29, 0.717) is 17.1 Å². The van der Waals surface area contributed by atoms with E-state index in [9.17, 15) is 22.8 Å². The molecule has 2 amide bonds. The van der Waals surface area contributed by atoms with Crippen LogP contribution in [0.25, 0.3) is 11.1 Å². The SMILES string of the molecule is COCc1nn2c(c1-c1ccccc1)NC(=O)[C@@H]2CC(=O)Nc1ccccc1C(F)(F)F. The third-order valence-electron chi connectivity index (χ3n) is 5.05. The van der Waals surface area contributed by atoms with Gasteiger partial charge >= 0.3 is 6.18 Å². The van der Waals surface area contributed by atoms with Crippen LogP contribution in [-0.2, 0) is 27.1 Å². The molecule has 1 aromatic heterocycles. The van der Waals surface area contributed by atoms with Gasteiger partial charge in [-0.05, 0) is 17.7 Å². The van der Waals surface area contributed by atoms with E-state index in [2.05, 4.69) is 15.7 Å². The van der Waals surface area contributed by atoms with E-state index < -0.39 is 29.6 Å². The third kappa shape index (κ3) is 4.09. The number of nitrogens with one attached hydrogen (secondary N) is 2. The summed E-state index contributed by atoms with van der Waals surface area (Å²) >= 11 is 0. The van der Waals surface area contributed by atoms with Gasteiger partial charge in [-0.25, -0.2) is 4.68 Å². The van der Waals surface area contributed by atoms with E-state index in [0.717, 1.165) is 11.6 Å². The van der Waals surface area contributed by atoms with Gasteiger partial charge in [0.05, 0.1) is 30.0 Å². The van der Waals surface area contributed by atoms with E-state index in [1.807, 2.05) is 30.3 Å². The molecule has 0 aliphatic carbocycles. The molecule has 0 saturated carbocycles. The predicted molar refractivity (Wildman–Crippen MR) is 111 cm³/mol. The first-order chi connectivity index (χ1) is 15.3. The second-order valence-corrected chi connectivity index (χ2v) is 7.21. The van der Waals surface area contributed by atoms with Crippen LogP contribution in [0.2, 0.25) is 0 Å². The molecule has 2 heterocycles. The van der Waals surface area contributed by atoms with Crippen molar-refractivity contribution in [2.75, 3.05) is 17.7 Å². The van der Waals surface area contributed by atoms with Gasteiger partial charge in [-0.2, -0.15) is 18.3 Å². The highest BCUT2D eigenvalue weighted by atomic mass is 19.4. The van der Waals surface area contributed by atoms with Gasteiger partial charge < -0.3 is 15.4 Å². The fourth-order valence-electron chi connectivity index (χ4n) is 3.68. The molecule has 1 aliphatic rings. The number of carbonyl (C=O) groups excluding carboxylic acids is 2. The molecule has 7 nitrogen and oxygen atoms in total. The minimum absolute atomic E-state index is 0.179. The van der Waals surface area contributed by atoms with Crippen molar-refractivity contribution in [2.45, 2.75) is 25.2 Å². The molecule has 2 N–H and O–H groups in total. The van der Waals surface area contributed by atoms with E-state index in [1.165, 1.54) is 30.0 Å². The van der Waals surface area contributed by atoms with Crippen LogP contribution in [0.1, 0.15) is 23.7 Å². The van der Waals surface area contributed by atoms with Crippen molar-refractivity contribution in [3.8, 4) is 11.1 Å². The van der Waals surface area contributed by atoms with Crippen molar-refractivity contribution in [2.24, 2.45) is 0 Å². The molecule has 0 saturated heterocycles. The number of hydrogen-bond donors (Lipinski definition) is 2. The molecule has 0 fully saturated rings. The number of amides is 2. The Labute approximate surface area is 181 Å². The first-order valence-corrected chi connectivity index (χ1v) is 9.72. The number of fused-ring (bicyclic) bond motifs is 1. The van der Waals surface area contributed by atoms with Crippen molar-refractivity contribution in [3.05, 3.63) is 65.9 Å². The second-order valence-electron chi connectivity index (χ2n) is 7.21. The van der Waals surface area contributed by atoms with Gasteiger partial charge in [-0.3, -0.25) is 9.59 Å². The van der Waals surface area contributed by atoms with E-state index >= 15 is 0 Å². The van der Waals surface area contributed by atoms with Crippen molar-refractivity contribution in [1.29, 1.82) is 0 Å². The quantitative estimate of drug-likeness (QED) is 0.596. The number of alkyl halides is 3. The van der Waals surface area contributed by atoms with E-state index in [-0.39, 0.29) is 18.7 Å². The maximum absolute atomic E-state index is 13.2. The number of hydrogen-bond acceptors (Lipinski definition) is 4. The van der Waals surface area contributed by atoms with Gasteiger partial charge in [-0.15, -0.1) is 0 Å². The third-order valence-corrected chi connectivity index (χ3v) is 5.05. The van der Waals surface area contributed by atoms with Crippen LogP contribution in [0, 0.1) is 0 Å². The summed E-state index contributed by atoms with van der Waals surface area (Å²) in [6.07, 6.45) is -5.00. The lowest BCUT2D eigenvalue weighted by molar-refractivity contribution is -0.137. The van der Waals surface area contributed by atoms with Crippen LogP contribution < -0.4 is 10.6 Å². The summed E-state index contributed by atoms with van der Waals surface area (Å²) in [5.41, 5.74) is 0.727. The molecule has 0 bridgehead atoms. The zero-order valence-corrected chi connectivity index (χ0v) is 16.9. The summed E-state index contributed by atoms with van der Waals surface area (Å²) in [5.74, 6) is -0.783. The molecule has 2 aromatic carbocycles. The fourth-order valence-corrected chi connectivity index (χ4v) is 3.68. The largest absolute Gasteiger partial charge is 0.418 e. The molecule has 4 rings (SSSR count). The lowest BCUT2D eigenvalue weighted by Gasteiger charge is -2.14. The zero-order valence-electron chi connectivity index (χ0n) is 16.9. The molecule has 10 heteroatoms. The number of aromatic nitrogens is 2. The highest BCUT2D eigenvalue weighted by Gasteiger charge is 2.38. The second kappa shape index (κ2) is 8.46. The first-order valence-electron chi connectivity index (χ1n) is 9.72. The molecule has 1 aliphatic heterocycles. The number of nitrogens with zero attached hydrogens (tertiary/aromatic N) is 2. The number of para-hydroxylation sites is 1. The number of methoxy groups -OCH3 is 1. The normalized spacial score (nSPS) is 15.4. The number of anilines is 2. The number of ether oxygens (including phenoxy) is 1. The summed E-state index contributed by atoms with van der Waals surface area (Å²) in [6.45, 7) is 0.179. The van der Waals surface area contributed by atoms with Crippen LogP contribution in [0.3, 0.4) is 0 Å². The average Bonchev–Trinajstić information content (AvgIpc) is 3.23. The van der Waals surface area contributed by atoms with Crippen molar-refractivity contribution in [1.82, 2.24) is 9.78 Å². The Balaban J connectivity index is 1.61. The number of rotatable bonds is 6. The van der Waals surface area contributed by atoms with Crippen LogP contribution in [0.5, 0.6) is 0 Å². The van der Waals surface area contributed by atoms with Gasteiger partial charge in [-0.1, -0.05) is 42.5 Å². The van der Waals surface area contributed by atoms with Crippen molar-refractivity contribution >= 4 is 23.3 Å². The Morgan fingerprint density at radius 3 is 2.53 bits per heavy atom. The predicted octanol–water partition coefficient (Wildman–Crippen LogP) is 4.24. The van der Waals surface area contributed by atoms with Crippen LogP contribution >= 0.6 is 0 Å². The molecular weight excluding hydrogens is 425 g/mol. The summed E-state index contributed by atoms with van der Waals surface area (Å²) in [5, 5.41) is 9.47. The minimum atomic E-state index is -4.62. The van der Waals surface area contributed by atoms with E-state index in [4.69, 9.17) is 4.74 Å². The lowest BCUT2D eigenvalue weighted by atomic mass is 10.1. The highest BCUT2D eigenvalue weighted by Crippen LogP contribution is 2.39. The van der Waals surface area contributed by atoms with Gasteiger partial charge in [0.15, 0.2) is 0 Å². The monoisotopic (exact) mass is 444 g/mol. The Morgan fingerprint density at radius 2 is 1.84 bits per heavy atom. The highest BCUT2D eigenvalue weighted by molar-refractivity contribution is 6.04. The van der Waals surface area contributed by atoms with Gasteiger partial charge in [0.1, 0.15) is 11.9 Å². The number of benzene rings is 2. The molecule has 1 atom stereocenters. The fraction of sp³-hybridized carbons (Fsp3) is 0.227. The molecule has 0 radical (unpaired) electrons. The first kappa shape index (κ1) is 21.6. The molecule has 166 valence electrons. The topological polar surface area (TPSA) is 85.2 Å². The molecule has 32 heavy (non-hydrogen) atoms. The van der Waals surface area contributed by atoms with Gasteiger partial charge in [0.2, 0.25) is 5.91 Å². The summed E-state index contributed by atoms with van der Waals surface area (Å²) in [7, 11) is 1.51. The summed E-state index contributed by atoms with van der Waals surface area (Å²) < 4.78 is 46.2. The average molecular weight is 444 g/mol. The minimum Gasteiger partial charge on any atom is -0.378 e. The Hall–Kier alpha value is -3.66.